The van der Waals surface area contributed by atoms with Crippen molar-refractivity contribution in [2.45, 2.75) is 38.1 Å². The summed E-state index contributed by atoms with van der Waals surface area (Å²) in [5.74, 6) is -0.0910. The molecule has 3 aromatic heterocycles. The summed E-state index contributed by atoms with van der Waals surface area (Å²) in [7, 11) is 0. The van der Waals surface area contributed by atoms with Gasteiger partial charge in [0, 0.05) is 29.9 Å². The third-order valence-corrected chi connectivity index (χ3v) is 6.47. The van der Waals surface area contributed by atoms with E-state index in [9.17, 15) is 14.3 Å². The van der Waals surface area contributed by atoms with Gasteiger partial charge in [-0.1, -0.05) is 29.8 Å². The predicted octanol–water partition coefficient (Wildman–Crippen LogP) is 2.91. The highest BCUT2D eigenvalue weighted by molar-refractivity contribution is 6.32. The molecule has 1 saturated heterocycles. The van der Waals surface area contributed by atoms with Crippen molar-refractivity contribution >= 4 is 22.5 Å². The second kappa shape index (κ2) is 8.50. The van der Waals surface area contributed by atoms with Crippen LogP contribution in [0.1, 0.15) is 19.4 Å². The Labute approximate surface area is 199 Å². The van der Waals surface area contributed by atoms with Gasteiger partial charge in [-0.15, -0.1) is 0 Å². The number of pyridine rings is 2. The number of hydrogen-bond donors (Lipinski definition) is 2. The van der Waals surface area contributed by atoms with E-state index in [2.05, 4.69) is 15.4 Å². The van der Waals surface area contributed by atoms with E-state index in [-0.39, 0.29) is 28.8 Å². The zero-order chi connectivity index (χ0) is 24.0. The lowest BCUT2D eigenvalue weighted by Gasteiger charge is -2.25. The monoisotopic (exact) mass is 483 g/mol. The highest BCUT2D eigenvalue weighted by Crippen LogP contribution is 2.27. The van der Waals surface area contributed by atoms with E-state index in [4.69, 9.17) is 16.3 Å². The topological polar surface area (TPSA) is 94.2 Å². The molecule has 2 N–H and O–H groups in total. The molecular weight excluding hydrogens is 461 g/mol. The van der Waals surface area contributed by atoms with Gasteiger partial charge in [0.2, 0.25) is 5.88 Å². The minimum Gasteiger partial charge on any atom is -0.470 e. The van der Waals surface area contributed by atoms with Gasteiger partial charge in [-0.3, -0.25) is 14.0 Å². The van der Waals surface area contributed by atoms with Crippen LogP contribution in [0.15, 0.2) is 59.8 Å². The molecule has 2 atom stereocenters. The summed E-state index contributed by atoms with van der Waals surface area (Å²) < 4.78 is 23.0. The number of benzene rings is 1. The molecule has 5 rings (SSSR count). The van der Waals surface area contributed by atoms with Gasteiger partial charge in [0.05, 0.1) is 40.6 Å². The Morgan fingerprint density at radius 2 is 2.09 bits per heavy atom. The maximum Gasteiger partial charge on any atom is 0.266 e. The predicted molar refractivity (Wildman–Crippen MR) is 126 cm³/mol. The molecule has 0 bridgehead atoms. The fraction of sp³-hybridized carbons (Fsp3) is 0.292. The summed E-state index contributed by atoms with van der Waals surface area (Å²) in [6, 6.07) is 9.75. The fourth-order valence-corrected chi connectivity index (χ4v) is 4.34. The highest BCUT2D eigenvalue weighted by Gasteiger charge is 2.42. The molecular formula is C24H23ClFN5O3. The maximum absolute atomic E-state index is 14.1. The Morgan fingerprint density at radius 3 is 2.82 bits per heavy atom. The number of halogens is 2. The average molecular weight is 484 g/mol. The smallest absolute Gasteiger partial charge is 0.266 e. The molecule has 4 heterocycles. The van der Waals surface area contributed by atoms with Gasteiger partial charge >= 0.3 is 0 Å². The van der Waals surface area contributed by atoms with Crippen LogP contribution >= 0.6 is 11.6 Å². The van der Waals surface area contributed by atoms with Crippen LogP contribution in [0.25, 0.3) is 16.6 Å². The summed E-state index contributed by atoms with van der Waals surface area (Å²) in [5.41, 5.74) is 0.626. The van der Waals surface area contributed by atoms with Gasteiger partial charge in [-0.2, -0.15) is 5.10 Å². The number of hydrogen-bond acceptors (Lipinski definition) is 6. The third-order valence-electron chi connectivity index (χ3n) is 6.18. The van der Waals surface area contributed by atoms with E-state index in [1.807, 2.05) is 13.8 Å². The SMILES string of the molecule is CC1(C)NCC(Oc2cc(-n3ccc4c(cnn4Cc4ccccc4F)c3=O)c(Cl)cn2)C1O. The first-order valence-electron chi connectivity index (χ1n) is 10.8. The van der Waals surface area contributed by atoms with Crippen LogP contribution in [-0.4, -0.2) is 48.7 Å². The molecule has 8 nitrogen and oxygen atoms in total. The van der Waals surface area contributed by atoms with Gasteiger partial charge in [-0.05, 0) is 26.0 Å². The molecule has 34 heavy (non-hydrogen) atoms. The lowest BCUT2D eigenvalue weighted by Crippen LogP contribution is -2.44. The van der Waals surface area contributed by atoms with E-state index >= 15 is 0 Å². The normalized spacial score (nSPS) is 19.6. The Kier molecular flexibility index (Phi) is 5.63. The van der Waals surface area contributed by atoms with Crippen molar-refractivity contribution in [3.63, 3.8) is 0 Å². The number of aliphatic hydroxyl groups is 1. The molecule has 4 aromatic rings. The second-order valence-corrected chi connectivity index (χ2v) is 9.27. The van der Waals surface area contributed by atoms with Crippen LogP contribution < -0.4 is 15.6 Å². The molecule has 0 radical (unpaired) electrons. The van der Waals surface area contributed by atoms with Crippen molar-refractivity contribution in [2.75, 3.05) is 6.54 Å². The van der Waals surface area contributed by atoms with Crippen LogP contribution in [0.4, 0.5) is 4.39 Å². The number of fused-ring (bicyclic) bond motifs is 1. The molecule has 0 amide bonds. The number of nitrogens with zero attached hydrogens (tertiary/aromatic N) is 4. The summed E-state index contributed by atoms with van der Waals surface area (Å²) in [5, 5.41) is 18.6. The Balaban J connectivity index is 1.48. The van der Waals surface area contributed by atoms with E-state index in [0.29, 0.717) is 28.7 Å². The first-order chi connectivity index (χ1) is 16.2. The van der Waals surface area contributed by atoms with E-state index < -0.39 is 17.7 Å². The highest BCUT2D eigenvalue weighted by atomic mass is 35.5. The van der Waals surface area contributed by atoms with Gasteiger partial charge in [-0.25, -0.2) is 9.37 Å². The summed E-state index contributed by atoms with van der Waals surface area (Å²) in [4.78, 5) is 17.5. The van der Waals surface area contributed by atoms with Gasteiger partial charge in [0.25, 0.3) is 5.56 Å². The molecule has 1 aromatic carbocycles. The Bertz CT molecular complexity index is 1430. The van der Waals surface area contributed by atoms with Gasteiger partial charge in [0.1, 0.15) is 18.0 Å². The van der Waals surface area contributed by atoms with Crippen LogP contribution in [0.5, 0.6) is 5.88 Å². The molecule has 0 spiro atoms. The van der Waals surface area contributed by atoms with Crippen LogP contribution in [0, 0.1) is 5.82 Å². The van der Waals surface area contributed by atoms with E-state index in [1.165, 1.54) is 23.0 Å². The number of rotatable bonds is 5. The van der Waals surface area contributed by atoms with E-state index in [0.717, 1.165) is 0 Å². The van der Waals surface area contributed by atoms with Crippen LogP contribution in [-0.2, 0) is 6.54 Å². The first kappa shape index (κ1) is 22.5. The summed E-state index contributed by atoms with van der Waals surface area (Å²) in [6.07, 6.45) is 3.24. The lowest BCUT2D eigenvalue weighted by atomic mass is 9.99. The van der Waals surface area contributed by atoms with Crippen molar-refractivity contribution in [1.82, 2.24) is 24.6 Å². The molecule has 0 aliphatic carbocycles. The zero-order valence-corrected chi connectivity index (χ0v) is 19.3. The fourth-order valence-electron chi connectivity index (χ4n) is 4.15. The number of nitrogens with one attached hydrogen (secondary N) is 1. The Morgan fingerprint density at radius 1 is 1.29 bits per heavy atom. The van der Waals surface area contributed by atoms with Crippen molar-refractivity contribution in [3.05, 3.63) is 81.7 Å². The van der Waals surface area contributed by atoms with Crippen molar-refractivity contribution < 1.29 is 14.2 Å². The van der Waals surface area contributed by atoms with E-state index in [1.54, 1.807) is 41.2 Å². The molecule has 10 heteroatoms. The third kappa shape index (κ3) is 3.96. The Hall–Kier alpha value is -3.27. The minimum absolute atomic E-state index is 0.196. The minimum atomic E-state index is -0.729. The zero-order valence-electron chi connectivity index (χ0n) is 18.6. The molecule has 1 aliphatic rings. The summed E-state index contributed by atoms with van der Waals surface area (Å²) in [6.45, 7) is 4.44. The average Bonchev–Trinajstić information content (AvgIpc) is 3.33. The van der Waals surface area contributed by atoms with Gasteiger partial charge in [0.15, 0.2) is 0 Å². The maximum atomic E-state index is 14.1. The lowest BCUT2D eigenvalue weighted by molar-refractivity contribution is 0.0319. The molecule has 1 fully saturated rings. The number of ether oxygens (including phenoxy) is 1. The summed E-state index contributed by atoms with van der Waals surface area (Å²) >= 11 is 6.37. The largest absolute Gasteiger partial charge is 0.470 e. The first-order valence-corrected chi connectivity index (χ1v) is 11.2. The number of aliphatic hydroxyl groups excluding tert-OH is 1. The number of aromatic nitrogens is 4. The quantitative estimate of drug-likeness (QED) is 0.453. The standard InChI is InChI=1S/C24H23ClFN5O3/c1-24(2)22(32)20(12-28-24)34-21-9-19(16(25)11-27-21)30-8-7-18-15(23(30)33)10-29-31(18)13-14-5-3-4-6-17(14)26/h3-11,20,22,28,32H,12-13H2,1-2H3. The van der Waals surface area contributed by atoms with Crippen molar-refractivity contribution in [3.8, 4) is 11.6 Å². The second-order valence-electron chi connectivity index (χ2n) is 8.86. The van der Waals surface area contributed by atoms with Gasteiger partial charge < -0.3 is 15.2 Å². The van der Waals surface area contributed by atoms with Crippen LogP contribution in [0.2, 0.25) is 5.02 Å². The molecule has 0 saturated carbocycles. The van der Waals surface area contributed by atoms with Crippen molar-refractivity contribution in [1.29, 1.82) is 0 Å². The van der Waals surface area contributed by atoms with Crippen LogP contribution in [0.3, 0.4) is 0 Å². The molecule has 176 valence electrons. The molecule has 2 unspecified atom stereocenters. The van der Waals surface area contributed by atoms with Crippen molar-refractivity contribution in [2.24, 2.45) is 0 Å². The molecule has 1 aliphatic heterocycles.